The number of nitrogens with zero attached hydrogens (tertiary/aromatic N) is 1. The minimum Gasteiger partial charge on any atom is -0.370 e. The third-order valence-electron chi connectivity index (χ3n) is 1.86. The first-order valence-electron chi connectivity index (χ1n) is 4.35. The Hall–Kier alpha value is -1.38. The lowest BCUT2D eigenvalue weighted by molar-refractivity contribution is -0.118. The highest BCUT2D eigenvalue weighted by molar-refractivity contribution is 5.73. The molecule has 0 spiro atoms. The van der Waals surface area contributed by atoms with Gasteiger partial charge in [0.1, 0.15) is 0 Å². The number of aromatic nitrogens is 1. The Morgan fingerprint density at radius 2 is 2.46 bits per heavy atom. The molecule has 2 N–H and O–H groups in total. The molecule has 3 nitrogen and oxygen atoms in total. The summed E-state index contributed by atoms with van der Waals surface area (Å²) in [4.78, 5) is 14.6. The lowest BCUT2D eigenvalue weighted by Gasteiger charge is -2.07. The highest BCUT2D eigenvalue weighted by Gasteiger charge is 2.06. The molecule has 0 aliphatic heterocycles. The fraction of sp³-hybridized carbons (Fsp3) is 0.400. The van der Waals surface area contributed by atoms with E-state index in [1.165, 1.54) is 0 Å². The smallest absolute Gasteiger partial charge is 0.217 e. The van der Waals surface area contributed by atoms with Gasteiger partial charge in [-0.3, -0.25) is 9.78 Å². The molecule has 0 radical (unpaired) electrons. The van der Waals surface area contributed by atoms with Crippen molar-refractivity contribution in [2.45, 2.75) is 19.8 Å². The van der Waals surface area contributed by atoms with Crippen molar-refractivity contribution in [1.82, 2.24) is 4.98 Å². The van der Waals surface area contributed by atoms with Gasteiger partial charge in [-0.05, 0) is 24.0 Å². The summed E-state index contributed by atoms with van der Waals surface area (Å²) in [6.45, 7) is 2.01. The number of nitrogens with two attached hydrogens (primary N) is 1. The van der Waals surface area contributed by atoms with Crippen molar-refractivity contribution in [3.63, 3.8) is 0 Å². The lowest BCUT2D eigenvalue weighted by Crippen LogP contribution is -2.15. The average Bonchev–Trinajstić information content (AvgIpc) is 2.04. The maximum absolute atomic E-state index is 10.6. The second kappa shape index (κ2) is 4.60. The molecule has 3 heteroatoms. The molecule has 0 aliphatic carbocycles. The molecule has 1 heterocycles. The van der Waals surface area contributed by atoms with Crippen molar-refractivity contribution in [2.24, 2.45) is 11.7 Å². The molecule has 0 saturated heterocycles. The van der Waals surface area contributed by atoms with Crippen LogP contribution in [0.25, 0.3) is 0 Å². The minimum atomic E-state index is -0.239. The molecule has 0 aromatic carbocycles. The Morgan fingerprint density at radius 1 is 1.69 bits per heavy atom. The Kier molecular flexibility index (Phi) is 3.43. The Labute approximate surface area is 78.0 Å². The third kappa shape index (κ3) is 3.69. The second-order valence-corrected chi connectivity index (χ2v) is 3.34. The summed E-state index contributed by atoms with van der Waals surface area (Å²) in [5.41, 5.74) is 6.24. The van der Waals surface area contributed by atoms with Gasteiger partial charge in [-0.2, -0.15) is 0 Å². The first-order chi connectivity index (χ1) is 6.18. The standard InChI is InChI=1S/C10H14N2O/c1-8(6-10(11)13)5-9-3-2-4-12-7-9/h2-4,7-8H,5-6H2,1H3,(H2,11,13). The van der Waals surface area contributed by atoms with Gasteiger partial charge >= 0.3 is 0 Å². The molecule has 70 valence electrons. The van der Waals surface area contributed by atoms with Crippen LogP contribution in [0.3, 0.4) is 0 Å². The van der Waals surface area contributed by atoms with Crippen molar-refractivity contribution in [1.29, 1.82) is 0 Å². The molecule has 0 bridgehead atoms. The van der Waals surface area contributed by atoms with E-state index < -0.39 is 0 Å². The van der Waals surface area contributed by atoms with Crippen LogP contribution in [0, 0.1) is 5.92 Å². The molecule has 1 unspecified atom stereocenters. The first kappa shape index (κ1) is 9.71. The quantitative estimate of drug-likeness (QED) is 0.751. The summed E-state index contributed by atoms with van der Waals surface area (Å²) >= 11 is 0. The van der Waals surface area contributed by atoms with E-state index in [4.69, 9.17) is 5.73 Å². The maximum atomic E-state index is 10.6. The van der Waals surface area contributed by atoms with Crippen LogP contribution < -0.4 is 5.73 Å². The number of primary amides is 1. The summed E-state index contributed by atoms with van der Waals surface area (Å²) in [5.74, 6) is 0.0538. The molecule has 1 rings (SSSR count). The van der Waals surface area contributed by atoms with Gasteiger partial charge in [0.15, 0.2) is 0 Å². The van der Waals surface area contributed by atoms with E-state index in [1.54, 1.807) is 6.20 Å². The van der Waals surface area contributed by atoms with Crippen molar-refractivity contribution in [3.05, 3.63) is 30.1 Å². The van der Waals surface area contributed by atoms with Crippen LogP contribution in [0.1, 0.15) is 18.9 Å². The molecule has 1 aromatic rings. The van der Waals surface area contributed by atoms with Crippen LogP contribution in [0.2, 0.25) is 0 Å². The molecular formula is C10H14N2O. The van der Waals surface area contributed by atoms with E-state index in [0.717, 1.165) is 12.0 Å². The number of carbonyl (C=O) groups excluding carboxylic acids is 1. The van der Waals surface area contributed by atoms with Gasteiger partial charge in [0.05, 0.1) is 0 Å². The predicted octanol–water partition coefficient (Wildman–Crippen LogP) is 1.14. The van der Waals surface area contributed by atoms with Crippen LogP contribution in [0.4, 0.5) is 0 Å². The van der Waals surface area contributed by atoms with E-state index in [9.17, 15) is 4.79 Å². The third-order valence-corrected chi connectivity index (χ3v) is 1.86. The highest BCUT2D eigenvalue weighted by atomic mass is 16.1. The SMILES string of the molecule is CC(CC(N)=O)Cc1cccnc1. The largest absolute Gasteiger partial charge is 0.370 e. The monoisotopic (exact) mass is 178 g/mol. The number of amides is 1. The van der Waals surface area contributed by atoms with E-state index in [1.807, 2.05) is 25.3 Å². The molecule has 0 saturated carbocycles. The van der Waals surface area contributed by atoms with Gasteiger partial charge < -0.3 is 5.73 Å². The van der Waals surface area contributed by atoms with Gasteiger partial charge in [-0.1, -0.05) is 13.0 Å². The summed E-state index contributed by atoms with van der Waals surface area (Å²) in [6.07, 6.45) is 4.85. The Balaban J connectivity index is 2.45. The maximum Gasteiger partial charge on any atom is 0.217 e. The van der Waals surface area contributed by atoms with E-state index >= 15 is 0 Å². The Morgan fingerprint density at radius 3 is 3.00 bits per heavy atom. The summed E-state index contributed by atoms with van der Waals surface area (Å²) in [5, 5.41) is 0. The van der Waals surface area contributed by atoms with Crippen LogP contribution in [-0.4, -0.2) is 10.9 Å². The number of hydrogen-bond donors (Lipinski definition) is 1. The summed E-state index contributed by atoms with van der Waals surface area (Å²) in [6, 6.07) is 3.90. The zero-order chi connectivity index (χ0) is 9.68. The lowest BCUT2D eigenvalue weighted by atomic mass is 9.99. The van der Waals surface area contributed by atoms with Crippen molar-refractivity contribution in [2.75, 3.05) is 0 Å². The topological polar surface area (TPSA) is 56.0 Å². The van der Waals surface area contributed by atoms with Crippen LogP contribution in [0.5, 0.6) is 0 Å². The average molecular weight is 178 g/mol. The molecule has 1 atom stereocenters. The van der Waals surface area contributed by atoms with Crippen LogP contribution >= 0.6 is 0 Å². The summed E-state index contributed by atoms with van der Waals surface area (Å²) < 4.78 is 0. The molecular weight excluding hydrogens is 164 g/mol. The van der Waals surface area contributed by atoms with E-state index in [2.05, 4.69) is 4.98 Å². The van der Waals surface area contributed by atoms with Crippen molar-refractivity contribution < 1.29 is 4.79 Å². The molecule has 13 heavy (non-hydrogen) atoms. The predicted molar refractivity (Wildman–Crippen MR) is 50.9 cm³/mol. The van der Waals surface area contributed by atoms with Crippen molar-refractivity contribution >= 4 is 5.91 Å². The van der Waals surface area contributed by atoms with Crippen LogP contribution in [-0.2, 0) is 11.2 Å². The zero-order valence-corrected chi connectivity index (χ0v) is 7.73. The Bertz CT molecular complexity index is 272. The van der Waals surface area contributed by atoms with Gasteiger partial charge in [0.2, 0.25) is 5.91 Å². The molecule has 1 amide bonds. The normalized spacial score (nSPS) is 12.4. The fourth-order valence-corrected chi connectivity index (χ4v) is 1.34. The second-order valence-electron chi connectivity index (χ2n) is 3.34. The minimum absolute atomic E-state index is 0.239. The van der Waals surface area contributed by atoms with Crippen LogP contribution in [0.15, 0.2) is 24.5 Å². The first-order valence-corrected chi connectivity index (χ1v) is 4.35. The summed E-state index contributed by atoms with van der Waals surface area (Å²) in [7, 11) is 0. The number of hydrogen-bond acceptors (Lipinski definition) is 2. The zero-order valence-electron chi connectivity index (χ0n) is 7.73. The molecule has 1 aromatic heterocycles. The van der Waals surface area contributed by atoms with E-state index in [0.29, 0.717) is 12.3 Å². The van der Waals surface area contributed by atoms with Gasteiger partial charge in [0.25, 0.3) is 0 Å². The van der Waals surface area contributed by atoms with E-state index in [-0.39, 0.29) is 5.91 Å². The number of pyridine rings is 1. The van der Waals surface area contributed by atoms with Crippen molar-refractivity contribution in [3.8, 4) is 0 Å². The van der Waals surface area contributed by atoms with Gasteiger partial charge in [-0.15, -0.1) is 0 Å². The number of carbonyl (C=O) groups is 1. The highest BCUT2D eigenvalue weighted by Crippen LogP contribution is 2.09. The molecule has 0 aliphatic rings. The molecule has 0 fully saturated rings. The van der Waals surface area contributed by atoms with Gasteiger partial charge in [-0.25, -0.2) is 0 Å². The fourth-order valence-electron chi connectivity index (χ4n) is 1.34. The van der Waals surface area contributed by atoms with Gasteiger partial charge in [0, 0.05) is 18.8 Å². The number of rotatable bonds is 4.